The Morgan fingerprint density at radius 3 is 2.76 bits per heavy atom. The maximum atomic E-state index is 9.94. The van der Waals surface area contributed by atoms with Gasteiger partial charge in [0.05, 0.1) is 18.8 Å². The van der Waals surface area contributed by atoms with Crippen LogP contribution >= 0.6 is 0 Å². The molecule has 2 unspecified atom stereocenters. The van der Waals surface area contributed by atoms with Gasteiger partial charge in [0.15, 0.2) is 0 Å². The SMILES string of the molecule is CNC(CO)(CCN1CCC(COC)C1)c1ccccc1. The van der Waals surface area contributed by atoms with E-state index in [4.69, 9.17) is 4.74 Å². The van der Waals surface area contributed by atoms with E-state index in [0.29, 0.717) is 5.92 Å². The molecule has 1 aromatic rings. The zero-order valence-electron chi connectivity index (χ0n) is 13.2. The third-order valence-electron chi connectivity index (χ3n) is 4.70. The second kappa shape index (κ2) is 7.90. The Labute approximate surface area is 128 Å². The lowest BCUT2D eigenvalue weighted by molar-refractivity contribution is 0.135. The van der Waals surface area contributed by atoms with E-state index in [9.17, 15) is 5.11 Å². The van der Waals surface area contributed by atoms with Gasteiger partial charge in [-0.2, -0.15) is 0 Å². The van der Waals surface area contributed by atoms with Gasteiger partial charge in [0.2, 0.25) is 0 Å². The number of nitrogens with one attached hydrogen (secondary N) is 1. The minimum absolute atomic E-state index is 0.114. The monoisotopic (exact) mass is 292 g/mol. The topological polar surface area (TPSA) is 44.7 Å². The number of methoxy groups -OCH3 is 1. The molecule has 2 N–H and O–H groups in total. The molecule has 1 aromatic carbocycles. The molecule has 118 valence electrons. The summed E-state index contributed by atoms with van der Waals surface area (Å²) in [5.74, 6) is 0.657. The predicted molar refractivity (Wildman–Crippen MR) is 85.3 cm³/mol. The van der Waals surface area contributed by atoms with Crippen molar-refractivity contribution in [2.24, 2.45) is 5.92 Å². The highest BCUT2D eigenvalue weighted by Gasteiger charge is 2.31. The van der Waals surface area contributed by atoms with Crippen LogP contribution in [0.25, 0.3) is 0 Å². The van der Waals surface area contributed by atoms with Crippen LogP contribution in [0, 0.1) is 5.92 Å². The average Bonchev–Trinajstić information content (AvgIpc) is 2.98. The molecule has 4 nitrogen and oxygen atoms in total. The van der Waals surface area contributed by atoms with Crippen LogP contribution in [-0.4, -0.2) is 57.0 Å². The number of hydrogen-bond acceptors (Lipinski definition) is 4. The van der Waals surface area contributed by atoms with Crippen LogP contribution < -0.4 is 5.32 Å². The molecule has 0 aliphatic carbocycles. The number of benzene rings is 1. The fourth-order valence-corrected chi connectivity index (χ4v) is 3.26. The molecule has 1 aliphatic rings. The van der Waals surface area contributed by atoms with Crippen LogP contribution in [0.3, 0.4) is 0 Å². The van der Waals surface area contributed by atoms with Crippen molar-refractivity contribution in [3.8, 4) is 0 Å². The van der Waals surface area contributed by atoms with E-state index in [1.807, 2.05) is 25.2 Å². The highest BCUT2D eigenvalue weighted by molar-refractivity contribution is 5.24. The third-order valence-corrected chi connectivity index (χ3v) is 4.70. The normalized spacial score (nSPS) is 22.3. The molecular formula is C17H28N2O2. The first-order valence-electron chi connectivity index (χ1n) is 7.80. The lowest BCUT2D eigenvalue weighted by atomic mass is 9.87. The number of likely N-dealkylation sites (N-methyl/N-ethyl adjacent to an activating group) is 1. The molecule has 21 heavy (non-hydrogen) atoms. The second-order valence-electron chi connectivity index (χ2n) is 6.02. The summed E-state index contributed by atoms with van der Waals surface area (Å²) in [4.78, 5) is 2.48. The first kappa shape index (κ1) is 16.4. The molecule has 0 amide bonds. The zero-order chi connectivity index (χ0) is 15.1. The van der Waals surface area contributed by atoms with Crippen LogP contribution in [0.5, 0.6) is 0 Å². The first-order chi connectivity index (χ1) is 10.2. The standard InChI is InChI=1S/C17H28N2O2/c1-18-17(14-20,16-6-4-3-5-7-16)9-11-19-10-8-15(12-19)13-21-2/h3-7,15,18,20H,8-14H2,1-2H3. The summed E-state index contributed by atoms with van der Waals surface area (Å²) < 4.78 is 5.25. The molecule has 0 spiro atoms. The van der Waals surface area contributed by atoms with E-state index in [-0.39, 0.29) is 12.1 Å². The van der Waals surface area contributed by atoms with E-state index in [2.05, 4.69) is 22.3 Å². The molecule has 2 atom stereocenters. The largest absolute Gasteiger partial charge is 0.394 e. The fourth-order valence-electron chi connectivity index (χ4n) is 3.26. The van der Waals surface area contributed by atoms with Gasteiger partial charge in [0.1, 0.15) is 0 Å². The first-order valence-corrected chi connectivity index (χ1v) is 7.80. The van der Waals surface area contributed by atoms with Crippen molar-refractivity contribution in [2.45, 2.75) is 18.4 Å². The minimum Gasteiger partial charge on any atom is -0.394 e. The Balaban J connectivity index is 1.95. The van der Waals surface area contributed by atoms with Gasteiger partial charge >= 0.3 is 0 Å². The maximum absolute atomic E-state index is 9.94. The lowest BCUT2D eigenvalue weighted by Gasteiger charge is -2.34. The van der Waals surface area contributed by atoms with Gasteiger partial charge in [-0.05, 0) is 37.9 Å². The van der Waals surface area contributed by atoms with Crippen molar-refractivity contribution in [1.82, 2.24) is 10.2 Å². The quantitative estimate of drug-likeness (QED) is 0.761. The lowest BCUT2D eigenvalue weighted by Crippen LogP contribution is -2.46. The molecule has 0 saturated carbocycles. The number of nitrogens with zero attached hydrogens (tertiary/aromatic N) is 1. The van der Waals surface area contributed by atoms with Gasteiger partial charge < -0.3 is 20.1 Å². The van der Waals surface area contributed by atoms with E-state index in [1.165, 1.54) is 6.42 Å². The zero-order valence-corrected chi connectivity index (χ0v) is 13.2. The number of likely N-dealkylation sites (tertiary alicyclic amines) is 1. The number of ether oxygens (including phenoxy) is 1. The minimum atomic E-state index is -0.347. The molecule has 0 aromatic heterocycles. The van der Waals surface area contributed by atoms with Crippen LogP contribution in [-0.2, 0) is 10.3 Å². The summed E-state index contributed by atoms with van der Waals surface area (Å²) in [5.41, 5.74) is 0.809. The van der Waals surface area contributed by atoms with Crippen LogP contribution in [0.15, 0.2) is 30.3 Å². The summed E-state index contributed by atoms with van der Waals surface area (Å²) in [5, 5.41) is 13.3. The maximum Gasteiger partial charge on any atom is 0.0678 e. The Bertz CT molecular complexity index is 407. The van der Waals surface area contributed by atoms with E-state index < -0.39 is 0 Å². The molecule has 1 heterocycles. The van der Waals surface area contributed by atoms with Crippen molar-refractivity contribution in [3.63, 3.8) is 0 Å². The van der Waals surface area contributed by atoms with Gasteiger partial charge in [-0.25, -0.2) is 0 Å². The fraction of sp³-hybridized carbons (Fsp3) is 0.647. The summed E-state index contributed by atoms with van der Waals surface area (Å²) in [6.07, 6.45) is 2.12. The molecule has 1 fully saturated rings. The molecule has 0 radical (unpaired) electrons. The van der Waals surface area contributed by atoms with E-state index in [1.54, 1.807) is 7.11 Å². The van der Waals surface area contributed by atoms with Gasteiger partial charge in [-0.3, -0.25) is 0 Å². The van der Waals surface area contributed by atoms with Crippen molar-refractivity contribution >= 4 is 0 Å². The van der Waals surface area contributed by atoms with Crippen molar-refractivity contribution < 1.29 is 9.84 Å². The number of hydrogen-bond donors (Lipinski definition) is 2. The summed E-state index contributed by atoms with van der Waals surface area (Å²) in [7, 11) is 3.71. The molecule has 2 rings (SSSR count). The van der Waals surface area contributed by atoms with Crippen LogP contribution in [0.4, 0.5) is 0 Å². The second-order valence-corrected chi connectivity index (χ2v) is 6.02. The highest BCUT2D eigenvalue weighted by Crippen LogP contribution is 2.26. The van der Waals surface area contributed by atoms with Crippen molar-refractivity contribution in [3.05, 3.63) is 35.9 Å². The van der Waals surface area contributed by atoms with Crippen molar-refractivity contribution in [2.75, 3.05) is 47.0 Å². The van der Waals surface area contributed by atoms with Gasteiger partial charge in [-0.15, -0.1) is 0 Å². The van der Waals surface area contributed by atoms with E-state index in [0.717, 1.165) is 38.2 Å². The van der Waals surface area contributed by atoms with Gasteiger partial charge in [0.25, 0.3) is 0 Å². The predicted octanol–water partition coefficient (Wildman–Crippen LogP) is 1.45. The van der Waals surface area contributed by atoms with Crippen molar-refractivity contribution in [1.29, 1.82) is 0 Å². The molecule has 0 bridgehead atoms. The smallest absolute Gasteiger partial charge is 0.0678 e. The number of aliphatic hydroxyl groups is 1. The molecule has 1 aliphatic heterocycles. The average molecular weight is 292 g/mol. The van der Waals surface area contributed by atoms with Crippen LogP contribution in [0.2, 0.25) is 0 Å². The Kier molecular flexibility index (Phi) is 6.18. The number of aliphatic hydroxyl groups excluding tert-OH is 1. The molecule has 1 saturated heterocycles. The Morgan fingerprint density at radius 1 is 1.38 bits per heavy atom. The Morgan fingerprint density at radius 2 is 2.14 bits per heavy atom. The van der Waals surface area contributed by atoms with E-state index >= 15 is 0 Å². The number of rotatable bonds is 8. The molecule has 4 heteroatoms. The van der Waals surface area contributed by atoms with Gasteiger partial charge in [-0.1, -0.05) is 30.3 Å². The highest BCUT2D eigenvalue weighted by atomic mass is 16.5. The molecular weight excluding hydrogens is 264 g/mol. The van der Waals surface area contributed by atoms with Crippen LogP contribution in [0.1, 0.15) is 18.4 Å². The summed E-state index contributed by atoms with van der Waals surface area (Å²) >= 11 is 0. The van der Waals surface area contributed by atoms with Gasteiger partial charge in [0, 0.05) is 20.2 Å². The third kappa shape index (κ3) is 4.04. The summed E-state index contributed by atoms with van der Waals surface area (Å²) in [6, 6.07) is 10.2. The summed E-state index contributed by atoms with van der Waals surface area (Å²) in [6.45, 7) is 4.20. The Hall–Kier alpha value is -0.940.